The van der Waals surface area contributed by atoms with Crippen molar-refractivity contribution in [2.75, 3.05) is 6.61 Å². The lowest BCUT2D eigenvalue weighted by molar-refractivity contribution is 0.297. The fourth-order valence-corrected chi connectivity index (χ4v) is 1.53. The Labute approximate surface area is 86.0 Å². The molecule has 5 heteroatoms. The van der Waals surface area contributed by atoms with E-state index in [1.165, 1.54) is 0 Å². The molecule has 0 aliphatic carbocycles. The summed E-state index contributed by atoms with van der Waals surface area (Å²) in [4.78, 5) is 10.2. The molecule has 4 nitrogen and oxygen atoms in total. The molecule has 0 saturated carbocycles. The highest BCUT2D eigenvalue weighted by Crippen LogP contribution is 2.23. The second-order valence-electron chi connectivity index (χ2n) is 2.90. The summed E-state index contributed by atoms with van der Waals surface area (Å²) in [5, 5.41) is 9.24. The molecule has 0 aliphatic rings. The Morgan fingerprint density at radius 3 is 3.00 bits per heavy atom. The Kier molecular flexibility index (Phi) is 2.56. The number of aromatic amines is 2. The van der Waals surface area contributed by atoms with Gasteiger partial charge in [0, 0.05) is 12.6 Å². The summed E-state index contributed by atoms with van der Waals surface area (Å²) in [7, 11) is 0. The predicted octanol–water partition coefficient (Wildman–Crippen LogP) is 1.59. The Balaban J connectivity index is 2.35. The van der Waals surface area contributed by atoms with Gasteiger partial charge in [0.15, 0.2) is 0 Å². The molecule has 0 spiro atoms. The molecule has 2 heterocycles. The minimum Gasteiger partial charge on any atom is -0.396 e. The molecule has 2 rings (SSSR count). The molecule has 0 aliphatic heterocycles. The van der Waals surface area contributed by atoms with Crippen LogP contribution in [0.25, 0.3) is 11.4 Å². The Hall–Kier alpha value is -1.26. The first-order chi connectivity index (χ1) is 6.81. The van der Waals surface area contributed by atoms with E-state index in [9.17, 15) is 0 Å². The summed E-state index contributed by atoms with van der Waals surface area (Å²) >= 11 is 5.95. The first-order valence-electron chi connectivity index (χ1n) is 4.30. The zero-order chi connectivity index (χ0) is 9.97. The number of halogens is 1. The third kappa shape index (κ3) is 1.66. The van der Waals surface area contributed by atoms with Crippen molar-refractivity contribution in [1.29, 1.82) is 0 Å². The van der Waals surface area contributed by atoms with E-state index in [2.05, 4.69) is 15.0 Å². The summed E-state index contributed by atoms with van der Waals surface area (Å²) in [6, 6.07) is 3.77. The normalized spacial score (nSPS) is 10.7. The van der Waals surface area contributed by atoms with Crippen LogP contribution in [0.3, 0.4) is 0 Å². The summed E-state index contributed by atoms with van der Waals surface area (Å²) in [6.45, 7) is 0.0635. The number of H-pyrrole nitrogens is 2. The number of aromatic nitrogens is 3. The van der Waals surface area contributed by atoms with Crippen LogP contribution in [0, 0.1) is 0 Å². The molecule has 0 saturated heterocycles. The van der Waals surface area contributed by atoms with Crippen molar-refractivity contribution >= 4 is 11.6 Å². The van der Waals surface area contributed by atoms with Gasteiger partial charge in [0.1, 0.15) is 16.7 Å². The van der Waals surface area contributed by atoms with Crippen LogP contribution in [0.1, 0.15) is 5.82 Å². The van der Waals surface area contributed by atoms with Gasteiger partial charge in [-0.05, 0) is 12.1 Å². The van der Waals surface area contributed by atoms with E-state index in [1.54, 1.807) is 0 Å². The number of nitrogens with one attached hydrogen (secondary N) is 2. The van der Waals surface area contributed by atoms with Crippen molar-refractivity contribution in [3.63, 3.8) is 0 Å². The van der Waals surface area contributed by atoms with Crippen LogP contribution >= 0.6 is 11.6 Å². The van der Waals surface area contributed by atoms with Gasteiger partial charge >= 0.3 is 0 Å². The molecule has 0 atom stereocenters. The Morgan fingerprint density at radius 2 is 2.36 bits per heavy atom. The first-order valence-corrected chi connectivity index (χ1v) is 4.68. The average Bonchev–Trinajstić information content (AvgIpc) is 2.74. The summed E-state index contributed by atoms with van der Waals surface area (Å²) in [5.74, 6) is 0.696. The van der Waals surface area contributed by atoms with Crippen molar-refractivity contribution in [3.8, 4) is 11.4 Å². The van der Waals surface area contributed by atoms with Crippen LogP contribution in [0.5, 0.6) is 0 Å². The van der Waals surface area contributed by atoms with E-state index in [4.69, 9.17) is 16.7 Å². The maximum Gasteiger partial charge on any atom is 0.135 e. The number of aliphatic hydroxyl groups excluding tert-OH is 1. The number of hydrogen-bond donors (Lipinski definition) is 3. The molecule has 0 aromatic carbocycles. The molecule has 0 amide bonds. The lowest BCUT2D eigenvalue weighted by atomic mass is 10.3. The number of nitrogens with zero attached hydrogens (tertiary/aromatic N) is 1. The number of hydrogen-bond acceptors (Lipinski definition) is 2. The molecule has 3 N–H and O–H groups in total. The highest BCUT2D eigenvalue weighted by Gasteiger charge is 2.10. The standard InChI is InChI=1S/C9H10ClN3O/c10-9-8(6-2-1-4-11-6)12-7(13-9)3-5-14/h1-2,4,11,14H,3,5H2,(H,12,13). The van der Waals surface area contributed by atoms with Gasteiger partial charge in [-0.1, -0.05) is 11.6 Å². The first kappa shape index (κ1) is 9.30. The number of imidazole rings is 1. The highest BCUT2D eigenvalue weighted by molar-refractivity contribution is 6.31. The third-order valence-electron chi connectivity index (χ3n) is 1.91. The second-order valence-corrected chi connectivity index (χ2v) is 3.28. The van der Waals surface area contributed by atoms with Crippen molar-refractivity contribution in [2.24, 2.45) is 0 Å². The van der Waals surface area contributed by atoms with Gasteiger partial charge in [-0.25, -0.2) is 4.98 Å². The molecule has 74 valence electrons. The third-order valence-corrected chi connectivity index (χ3v) is 2.18. The van der Waals surface area contributed by atoms with E-state index in [1.807, 2.05) is 18.3 Å². The summed E-state index contributed by atoms with van der Waals surface area (Å²) in [6.07, 6.45) is 2.30. The van der Waals surface area contributed by atoms with Crippen molar-refractivity contribution in [3.05, 3.63) is 29.3 Å². The molecular formula is C9H10ClN3O. The SMILES string of the molecule is OCCc1nc(-c2ccc[nH]2)c(Cl)[nH]1. The monoisotopic (exact) mass is 211 g/mol. The predicted molar refractivity (Wildman–Crippen MR) is 54.2 cm³/mol. The van der Waals surface area contributed by atoms with E-state index in [0.717, 1.165) is 5.69 Å². The maximum atomic E-state index is 8.74. The topological polar surface area (TPSA) is 64.7 Å². The average molecular weight is 212 g/mol. The maximum absolute atomic E-state index is 8.74. The Bertz CT molecular complexity index is 408. The van der Waals surface area contributed by atoms with E-state index in [-0.39, 0.29) is 6.61 Å². The van der Waals surface area contributed by atoms with E-state index < -0.39 is 0 Å². The minimum absolute atomic E-state index is 0.0635. The molecule has 0 unspecified atom stereocenters. The molecule has 0 fully saturated rings. The van der Waals surface area contributed by atoms with Crippen LogP contribution < -0.4 is 0 Å². The minimum atomic E-state index is 0.0635. The van der Waals surface area contributed by atoms with Crippen LogP contribution in [0.15, 0.2) is 18.3 Å². The smallest absolute Gasteiger partial charge is 0.135 e. The summed E-state index contributed by atoms with van der Waals surface area (Å²) in [5.41, 5.74) is 1.57. The molecule has 2 aromatic heterocycles. The van der Waals surface area contributed by atoms with Gasteiger partial charge in [-0.3, -0.25) is 0 Å². The van der Waals surface area contributed by atoms with Crippen LogP contribution in [-0.4, -0.2) is 26.7 Å². The van der Waals surface area contributed by atoms with E-state index >= 15 is 0 Å². The molecular weight excluding hydrogens is 202 g/mol. The van der Waals surface area contributed by atoms with Gasteiger partial charge in [0.25, 0.3) is 0 Å². The van der Waals surface area contributed by atoms with Gasteiger partial charge in [0.2, 0.25) is 0 Å². The van der Waals surface area contributed by atoms with Crippen molar-refractivity contribution in [1.82, 2.24) is 15.0 Å². The zero-order valence-corrected chi connectivity index (χ0v) is 8.17. The van der Waals surface area contributed by atoms with E-state index in [0.29, 0.717) is 23.1 Å². The fourth-order valence-electron chi connectivity index (χ4n) is 1.28. The molecule has 2 aromatic rings. The van der Waals surface area contributed by atoms with Crippen molar-refractivity contribution < 1.29 is 5.11 Å². The van der Waals surface area contributed by atoms with Gasteiger partial charge in [-0.2, -0.15) is 0 Å². The number of aliphatic hydroxyl groups is 1. The van der Waals surface area contributed by atoms with Gasteiger partial charge < -0.3 is 15.1 Å². The highest BCUT2D eigenvalue weighted by atomic mass is 35.5. The second kappa shape index (κ2) is 3.86. The lowest BCUT2D eigenvalue weighted by Gasteiger charge is -1.90. The zero-order valence-electron chi connectivity index (χ0n) is 7.42. The van der Waals surface area contributed by atoms with Crippen LogP contribution in [-0.2, 0) is 6.42 Å². The van der Waals surface area contributed by atoms with Gasteiger partial charge in [-0.15, -0.1) is 0 Å². The molecule has 0 radical (unpaired) electrons. The quantitative estimate of drug-likeness (QED) is 0.722. The molecule has 0 bridgehead atoms. The van der Waals surface area contributed by atoms with Crippen LogP contribution in [0.2, 0.25) is 5.15 Å². The van der Waals surface area contributed by atoms with Crippen LogP contribution in [0.4, 0.5) is 0 Å². The number of rotatable bonds is 3. The van der Waals surface area contributed by atoms with Gasteiger partial charge in [0.05, 0.1) is 12.3 Å². The summed E-state index contributed by atoms with van der Waals surface area (Å²) < 4.78 is 0. The molecule has 14 heavy (non-hydrogen) atoms. The van der Waals surface area contributed by atoms with Crippen molar-refractivity contribution in [2.45, 2.75) is 6.42 Å². The fraction of sp³-hybridized carbons (Fsp3) is 0.222. The lowest BCUT2D eigenvalue weighted by Crippen LogP contribution is -1.92. The Morgan fingerprint density at radius 1 is 1.50 bits per heavy atom. The largest absolute Gasteiger partial charge is 0.396 e.